The molecule has 0 unspecified atom stereocenters. The molecule has 2 rings (SSSR count). The summed E-state index contributed by atoms with van der Waals surface area (Å²) in [6, 6.07) is 6.10. The molecule has 0 amide bonds. The number of hydrogen-bond acceptors (Lipinski definition) is 2. The van der Waals surface area contributed by atoms with Gasteiger partial charge >= 0.3 is 0 Å². The summed E-state index contributed by atoms with van der Waals surface area (Å²) in [5.74, 6) is 0. The molecule has 1 aromatic carbocycles. The maximum absolute atomic E-state index is 6.23. The second-order valence-electron chi connectivity index (χ2n) is 4.38. The molecule has 0 spiro atoms. The lowest BCUT2D eigenvalue weighted by atomic mass is 10.2. The molecule has 0 radical (unpaired) electrons. The first-order valence-corrected chi connectivity index (χ1v) is 6.58. The van der Waals surface area contributed by atoms with Gasteiger partial charge in [0, 0.05) is 12.7 Å². The van der Waals surface area contributed by atoms with Gasteiger partial charge in [-0.3, -0.25) is 0 Å². The lowest BCUT2D eigenvalue weighted by Crippen LogP contribution is -2.13. The molecular formula is C14H18ClN3. The number of benzene rings is 1. The molecule has 0 saturated carbocycles. The second-order valence-corrected chi connectivity index (χ2v) is 4.79. The normalized spacial score (nSPS) is 10.8. The van der Waals surface area contributed by atoms with Gasteiger partial charge in [0.05, 0.1) is 22.7 Å². The molecule has 18 heavy (non-hydrogen) atoms. The SMILES string of the molecule is CCCNCc1ccc(Cl)c(-n2cnc(C)c2)c1. The third-order valence-electron chi connectivity index (χ3n) is 2.76. The van der Waals surface area contributed by atoms with Crippen LogP contribution in [0.2, 0.25) is 5.02 Å². The highest BCUT2D eigenvalue weighted by Crippen LogP contribution is 2.22. The van der Waals surface area contributed by atoms with E-state index in [1.165, 1.54) is 5.56 Å². The van der Waals surface area contributed by atoms with Gasteiger partial charge in [-0.1, -0.05) is 24.6 Å². The Morgan fingerprint density at radius 2 is 2.22 bits per heavy atom. The van der Waals surface area contributed by atoms with Gasteiger partial charge in [-0.15, -0.1) is 0 Å². The van der Waals surface area contributed by atoms with Crippen LogP contribution in [0.4, 0.5) is 0 Å². The standard InChI is InChI=1S/C14H18ClN3/c1-3-6-16-8-12-4-5-13(15)14(7-12)18-9-11(2)17-10-18/h4-5,7,9-10,16H,3,6,8H2,1-2H3. The highest BCUT2D eigenvalue weighted by molar-refractivity contribution is 6.32. The van der Waals surface area contributed by atoms with E-state index in [-0.39, 0.29) is 0 Å². The van der Waals surface area contributed by atoms with E-state index in [9.17, 15) is 0 Å². The Morgan fingerprint density at radius 3 is 2.89 bits per heavy atom. The van der Waals surface area contributed by atoms with Crippen molar-refractivity contribution in [3.05, 3.63) is 47.0 Å². The quantitative estimate of drug-likeness (QED) is 0.839. The number of nitrogens with one attached hydrogen (secondary N) is 1. The lowest BCUT2D eigenvalue weighted by molar-refractivity contribution is 0.675. The largest absolute Gasteiger partial charge is 0.313 e. The van der Waals surface area contributed by atoms with Crippen LogP contribution in [0.15, 0.2) is 30.7 Å². The van der Waals surface area contributed by atoms with E-state index >= 15 is 0 Å². The minimum absolute atomic E-state index is 0.742. The fourth-order valence-corrected chi connectivity index (χ4v) is 2.04. The van der Waals surface area contributed by atoms with Crippen molar-refractivity contribution < 1.29 is 0 Å². The Bertz CT molecular complexity index is 520. The van der Waals surface area contributed by atoms with Crippen LogP contribution in [0, 0.1) is 6.92 Å². The highest BCUT2D eigenvalue weighted by atomic mass is 35.5. The smallest absolute Gasteiger partial charge is 0.0995 e. The van der Waals surface area contributed by atoms with Crippen molar-refractivity contribution in [1.82, 2.24) is 14.9 Å². The van der Waals surface area contributed by atoms with Crippen molar-refractivity contribution in [2.45, 2.75) is 26.8 Å². The minimum Gasteiger partial charge on any atom is -0.313 e. The van der Waals surface area contributed by atoms with Crippen LogP contribution in [0.3, 0.4) is 0 Å². The molecule has 3 nitrogen and oxygen atoms in total. The first-order chi connectivity index (χ1) is 8.70. The van der Waals surface area contributed by atoms with Crippen LogP contribution in [-0.2, 0) is 6.54 Å². The maximum atomic E-state index is 6.23. The lowest BCUT2D eigenvalue weighted by Gasteiger charge is -2.09. The second kappa shape index (κ2) is 6.03. The van der Waals surface area contributed by atoms with Gasteiger partial charge in [-0.25, -0.2) is 4.98 Å². The van der Waals surface area contributed by atoms with Crippen LogP contribution in [0.25, 0.3) is 5.69 Å². The van der Waals surface area contributed by atoms with Crippen molar-refractivity contribution in [2.75, 3.05) is 6.54 Å². The maximum Gasteiger partial charge on any atom is 0.0995 e. The summed E-state index contributed by atoms with van der Waals surface area (Å²) < 4.78 is 1.96. The average molecular weight is 264 g/mol. The Balaban J connectivity index is 2.21. The fourth-order valence-electron chi connectivity index (χ4n) is 1.83. The number of aromatic nitrogens is 2. The van der Waals surface area contributed by atoms with E-state index in [1.54, 1.807) is 6.33 Å². The summed E-state index contributed by atoms with van der Waals surface area (Å²) in [5, 5.41) is 4.13. The van der Waals surface area contributed by atoms with Gasteiger partial charge in [0.25, 0.3) is 0 Å². The van der Waals surface area contributed by atoms with Crippen LogP contribution < -0.4 is 5.32 Å². The zero-order valence-corrected chi connectivity index (χ0v) is 11.5. The molecule has 0 aliphatic heterocycles. The van der Waals surface area contributed by atoms with E-state index in [0.29, 0.717) is 0 Å². The Hall–Kier alpha value is -1.32. The van der Waals surface area contributed by atoms with Gasteiger partial charge in [0.2, 0.25) is 0 Å². The van der Waals surface area contributed by atoms with Gasteiger partial charge in [-0.05, 0) is 37.6 Å². The van der Waals surface area contributed by atoms with Crippen molar-refractivity contribution in [3.8, 4) is 5.69 Å². The monoisotopic (exact) mass is 263 g/mol. The molecule has 4 heteroatoms. The van der Waals surface area contributed by atoms with Gasteiger partial charge in [0.1, 0.15) is 0 Å². The van der Waals surface area contributed by atoms with Crippen LogP contribution in [0.5, 0.6) is 0 Å². The number of halogens is 1. The van der Waals surface area contributed by atoms with E-state index in [4.69, 9.17) is 11.6 Å². The molecule has 0 aliphatic carbocycles. The Kier molecular flexibility index (Phi) is 4.39. The van der Waals surface area contributed by atoms with Crippen LogP contribution in [-0.4, -0.2) is 16.1 Å². The molecule has 1 N–H and O–H groups in total. The molecule has 0 aliphatic rings. The molecule has 1 aromatic heterocycles. The fraction of sp³-hybridized carbons (Fsp3) is 0.357. The van der Waals surface area contributed by atoms with Crippen molar-refractivity contribution in [3.63, 3.8) is 0 Å². The van der Waals surface area contributed by atoms with Gasteiger partial charge < -0.3 is 9.88 Å². The predicted octanol–water partition coefficient (Wildman–Crippen LogP) is 3.33. The zero-order valence-electron chi connectivity index (χ0n) is 10.8. The number of rotatable bonds is 5. The molecule has 0 saturated heterocycles. The summed E-state index contributed by atoms with van der Waals surface area (Å²) >= 11 is 6.23. The average Bonchev–Trinajstić information content (AvgIpc) is 2.78. The minimum atomic E-state index is 0.742. The molecule has 2 aromatic rings. The van der Waals surface area contributed by atoms with Gasteiger partial charge in [-0.2, -0.15) is 0 Å². The van der Waals surface area contributed by atoms with E-state index in [0.717, 1.165) is 35.9 Å². The highest BCUT2D eigenvalue weighted by Gasteiger charge is 2.05. The number of imidazole rings is 1. The van der Waals surface area contributed by atoms with Crippen LogP contribution in [0.1, 0.15) is 24.6 Å². The Morgan fingerprint density at radius 1 is 1.39 bits per heavy atom. The third kappa shape index (κ3) is 3.12. The number of nitrogens with zero attached hydrogens (tertiary/aromatic N) is 2. The molecule has 0 atom stereocenters. The summed E-state index contributed by atoms with van der Waals surface area (Å²) in [6.45, 7) is 6.03. The van der Waals surface area contributed by atoms with Crippen LogP contribution >= 0.6 is 11.6 Å². The Labute approximate surface area is 113 Å². The molecule has 96 valence electrons. The molecular weight excluding hydrogens is 246 g/mol. The van der Waals surface area contributed by atoms with Crippen molar-refractivity contribution >= 4 is 11.6 Å². The van der Waals surface area contributed by atoms with E-state index in [1.807, 2.05) is 23.8 Å². The summed E-state index contributed by atoms with van der Waals surface area (Å²) in [4.78, 5) is 4.23. The molecule has 0 fully saturated rings. The van der Waals surface area contributed by atoms with Gasteiger partial charge in [0.15, 0.2) is 0 Å². The third-order valence-corrected chi connectivity index (χ3v) is 3.08. The molecule has 0 bridgehead atoms. The summed E-state index contributed by atoms with van der Waals surface area (Å²) in [5.41, 5.74) is 3.20. The first-order valence-electron chi connectivity index (χ1n) is 6.21. The predicted molar refractivity (Wildman–Crippen MR) is 75.3 cm³/mol. The first kappa shape index (κ1) is 13.1. The van der Waals surface area contributed by atoms with E-state index < -0.39 is 0 Å². The van der Waals surface area contributed by atoms with Crippen molar-refractivity contribution in [2.24, 2.45) is 0 Å². The van der Waals surface area contributed by atoms with Crippen molar-refractivity contribution in [1.29, 1.82) is 0 Å². The number of hydrogen-bond donors (Lipinski definition) is 1. The summed E-state index contributed by atoms with van der Waals surface area (Å²) in [6.07, 6.45) is 4.91. The summed E-state index contributed by atoms with van der Waals surface area (Å²) in [7, 11) is 0. The van der Waals surface area contributed by atoms with E-state index in [2.05, 4.69) is 29.4 Å². The topological polar surface area (TPSA) is 29.9 Å². The number of aryl methyl sites for hydroxylation is 1. The zero-order chi connectivity index (χ0) is 13.0. The molecule has 1 heterocycles.